The maximum Gasteiger partial charge on any atom is 0.340 e. The van der Waals surface area contributed by atoms with E-state index in [-0.39, 0.29) is 35.3 Å². The number of anilines is 1. The molecular formula is C22H22N2O5. The maximum atomic E-state index is 12.5. The molecule has 1 aliphatic heterocycles. The molecule has 7 nitrogen and oxygen atoms in total. The summed E-state index contributed by atoms with van der Waals surface area (Å²) in [6.45, 7) is 2.07. The highest BCUT2D eigenvalue weighted by molar-refractivity contribution is 5.97. The second kappa shape index (κ2) is 7.58. The fraction of sp³-hybridized carbons (Fsp3) is 0.318. The Morgan fingerprint density at radius 1 is 1.31 bits per heavy atom. The first-order chi connectivity index (χ1) is 14.0. The van der Waals surface area contributed by atoms with Gasteiger partial charge in [-0.25, -0.2) is 4.79 Å². The normalized spacial score (nSPS) is 21.7. The molecule has 2 aromatic carbocycles. The third kappa shape index (κ3) is 3.22. The maximum absolute atomic E-state index is 12.5. The number of hydrogen-bond acceptors (Lipinski definition) is 6. The molecule has 0 spiro atoms. The van der Waals surface area contributed by atoms with Crippen LogP contribution in [0.2, 0.25) is 0 Å². The van der Waals surface area contributed by atoms with Crippen LogP contribution in [0.25, 0.3) is 0 Å². The first-order valence-electron chi connectivity index (χ1n) is 9.60. The topological polar surface area (TPSA) is 90.7 Å². The molecule has 0 fully saturated rings. The number of hydrogen-bond donors (Lipinski definition) is 1. The fourth-order valence-corrected chi connectivity index (χ4v) is 4.37. The molecule has 0 amide bonds. The lowest BCUT2D eigenvalue weighted by atomic mass is 9.76. The van der Waals surface area contributed by atoms with E-state index in [2.05, 4.69) is 17.5 Å². The first kappa shape index (κ1) is 19.0. The van der Waals surface area contributed by atoms with E-state index in [1.54, 1.807) is 25.1 Å². The number of nitro groups is 1. The average Bonchev–Trinajstić information content (AvgIpc) is 3.22. The monoisotopic (exact) mass is 394 g/mol. The lowest BCUT2D eigenvalue weighted by Gasteiger charge is -2.38. The summed E-state index contributed by atoms with van der Waals surface area (Å²) in [6.07, 6.45) is 5.14. The zero-order valence-electron chi connectivity index (χ0n) is 16.3. The number of rotatable bonds is 5. The molecule has 0 unspecified atom stereocenters. The number of nitro benzene ring substituents is 1. The molecule has 2 aromatic rings. The Balaban J connectivity index is 1.80. The van der Waals surface area contributed by atoms with Crippen molar-refractivity contribution in [3.05, 3.63) is 75.4 Å². The van der Waals surface area contributed by atoms with E-state index in [9.17, 15) is 14.9 Å². The molecule has 1 aliphatic carbocycles. The summed E-state index contributed by atoms with van der Waals surface area (Å²) in [5.74, 6) is 0.180. The van der Waals surface area contributed by atoms with E-state index < -0.39 is 4.92 Å². The number of esters is 1. The molecule has 0 aromatic heterocycles. The SMILES string of the molecule is CCOC(=O)c1cccc2c1N[C@@H](c1ccc(OC)c([N+](=O)[O-])c1)[C@H]1CC=C[C@@H]21. The van der Waals surface area contributed by atoms with Crippen molar-refractivity contribution >= 4 is 17.3 Å². The van der Waals surface area contributed by atoms with Crippen molar-refractivity contribution in [1.29, 1.82) is 0 Å². The highest BCUT2D eigenvalue weighted by Crippen LogP contribution is 2.51. The van der Waals surface area contributed by atoms with Crippen LogP contribution >= 0.6 is 0 Å². The van der Waals surface area contributed by atoms with Crippen molar-refractivity contribution in [2.45, 2.75) is 25.3 Å². The molecule has 0 radical (unpaired) electrons. The summed E-state index contributed by atoms with van der Waals surface area (Å²) in [5.41, 5.74) is 2.99. The van der Waals surface area contributed by atoms with Gasteiger partial charge >= 0.3 is 11.7 Å². The van der Waals surface area contributed by atoms with E-state index in [0.29, 0.717) is 12.2 Å². The molecule has 3 atom stereocenters. The summed E-state index contributed by atoms with van der Waals surface area (Å²) < 4.78 is 10.4. The van der Waals surface area contributed by atoms with Gasteiger partial charge in [0.1, 0.15) is 0 Å². The van der Waals surface area contributed by atoms with E-state index >= 15 is 0 Å². The summed E-state index contributed by atoms with van der Waals surface area (Å²) in [6, 6.07) is 10.5. The quantitative estimate of drug-likeness (QED) is 0.345. The Kier molecular flexibility index (Phi) is 4.96. The highest BCUT2D eigenvalue weighted by Gasteiger charge is 2.40. The molecule has 0 saturated heterocycles. The summed E-state index contributed by atoms with van der Waals surface area (Å²) in [5, 5.41) is 15.0. The van der Waals surface area contributed by atoms with E-state index in [1.807, 2.05) is 18.2 Å². The van der Waals surface area contributed by atoms with Gasteiger partial charge in [0.15, 0.2) is 5.75 Å². The standard InChI is InChI=1S/C22H22N2O5/c1-3-29-22(25)17-9-5-8-16-14-6-4-7-15(14)20(23-21(16)17)13-10-11-19(28-2)18(12-13)24(26)27/h4-6,8-12,14-15,20,23H,3,7H2,1-2H3/t14-,15+,20+/m1/s1. The van der Waals surface area contributed by atoms with Crippen LogP contribution in [0.3, 0.4) is 0 Å². The van der Waals surface area contributed by atoms with Crippen LogP contribution in [0.4, 0.5) is 11.4 Å². The van der Waals surface area contributed by atoms with Crippen LogP contribution in [0.1, 0.15) is 46.8 Å². The number of nitrogens with zero attached hydrogens (tertiary/aromatic N) is 1. The van der Waals surface area contributed by atoms with Gasteiger partial charge in [-0.1, -0.05) is 30.4 Å². The minimum absolute atomic E-state index is 0.0706. The second-order valence-corrected chi connectivity index (χ2v) is 7.15. The second-order valence-electron chi connectivity index (χ2n) is 7.15. The lowest BCUT2D eigenvalue weighted by molar-refractivity contribution is -0.385. The Morgan fingerprint density at radius 3 is 2.86 bits per heavy atom. The fourth-order valence-electron chi connectivity index (χ4n) is 4.37. The number of nitrogens with one attached hydrogen (secondary N) is 1. The van der Waals surface area contributed by atoms with Crippen LogP contribution in [0, 0.1) is 16.0 Å². The molecule has 0 saturated carbocycles. The zero-order valence-corrected chi connectivity index (χ0v) is 16.3. The Hall–Kier alpha value is -3.35. The zero-order chi connectivity index (χ0) is 20.5. The Labute approximate surface area is 168 Å². The van der Waals surface area contributed by atoms with Crippen molar-refractivity contribution in [2.24, 2.45) is 5.92 Å². The van der Waals surface area contributed by atoms with Crippen LogP contribution in [0.15, 0.2) is 48.6 Å². The van der Waals surface area contributed by atoms with Crippen LogP contribution < -0.4 is 10.1 Å². The van der Waals surface area contributed by atoms with Crippen molar-refractivity contribution in [2.75, 3.05) is 19.0 Å². The highest BCUT2D eigenvalue weighted by atomic mass is 16.6. The number of para-hydroxylation sites is 1. The van der Waals surface area contributed by atoms with Gasteiger partial charge < -0.3 is 14.8 Å². The van der Waals surface area contributed by atoms with Gasteiger partial charge in [0.25, 0.3) is 0 Å². The van der Waals surface area contributed by atoms with Crippen LogP contribution in [-0.2, 0) is 4.74 Å². The van der Waals surface area contributed by atoms with Gasteiger partial charge in [0.2, 0.25) is 0 Å². The molecule has 4 rings (SSSR count). The summed E-state index contributed by atoms with van der Waals surface area (Å²) in [4.78, 5) is 23.5. The smallest absolute Gasteiger partial charge is 0.340 e. The molecule has 0 bridgehead atoms. The van der Waals surface area contributed by atoms with Crippen LogP contribution in [0.5, 0.6) is 5.75 Å². The molecule has 2 aliphatic rings. The minimum atomic E-state index is -0.437. The predicted octanol–water partition coefficient (Wildman–Crippen LogP) is 4.61. The van der Waals surface area contributed by atoms with Crippen molar-refractivity contribution in [3.63, 3.8) is 0 Å². The number of carbonyl (C=O) groups is 1. The molecule has 29 heavy (non-hydrogen) atoms. The summed E-state index contributed by atoms with van der Waals surface area (Å²) >= 11 is 0. The third-order valence-electron chi connectivity index (χ3n) is 5.65. The Morgan fingerprint density at radius 2 is 2.14 bits per heavy atom. The van der Waals surface area contributed by atoms with E-state index in [4.69, 9.17) is 9.47 Å². The molecule has 7 heteroatoms. The first-order valence-corrected chi connectivity index (χ1v) is 9.60. The van der Waals surface area contributed by atoms with E-state index in [0.717, 1.165) is 23.2 Å². The predicted molar refractivity (Wildman–Crippen MR) is 108 cm³/mol. The molecular weight excluding hydrogens is 372 g/mol. The average molecular weight is 394 g/mol. The van der Waals surface area contributed by atoms with Crippen molar-refractivity contribution in [3.8, 4) is 5.75 Å². The molecule has 150 valence electrons. The van der Waals surface area contributed by atoms with Gasteiger partial charge in [-0.2, -0.15) is 0 Å². The number of ether oxygens (including phenoxy) is 2. The van der Waals surface area contributed by atoms with Gasteiger partial charge in [-0.15, -0.1) is 0 Å². The Bertz CT molecular complexity index is 1000. The van der Waals surface area contributed by atoms with Crippen LogP contribution in [-0.4, -0.2) is 24.6 Å². The number of allylic oxidation sites excluding steroid dienone is 2. The van der Waals surface area contributed by atoms with Gasteiger partial charge in [0.05, 0.1) is 35.9 Å². The minimum Gasteiger partial charge on any atom is -0.490 e. The third-order valence-corrected chi connectivity index (χ3v) is 5.65. The van der Waals surface area contributed by atoms with Gasteiger partial charge in [-0.05, 0) is 42.5 Å². The molecule has 1 heterocycles. The lowest BCUT2D eigenvalue weighted by Crippen LogP contribution is -2.30. The largest absolute Gasteiger partial charge is 0.490 e. The number of methoxy groups -OCH3 is 1. The van der Waals surface area contributed by atoms with Crippen molar-refractivity contribution < 1.29 is 19.2 Å². The summed E-state index contributed by atoms with van der Waals surface area (Å²) in [7, 11) is 1.42. The van der Waals surface area contributed by atoms with Gasteiger partial charge in [0, 0.05) is 12.0 Å². The molecule has 1 N–H and O–H groups in total. The number of carbonyl (C=O) groups excluding carboxylic acids is 1. The number of benzene rings is 2. The number of fused-ring (bicyclic) bond motifs is 3. The van der Waals surface area contributed by atoms with Crippen molar-refractivity contribution in [1.82, 2.24) is 0 Å². The van der Waals surface area contributed by atoms with E-state index in [1.165, 1.54) is 7.11 Å². The van der Waals surface area contributed by atoms with Gasteiger partial charge in [-0.3, -0.25) is 10.1 Å².